The summed E-state index contributed by atoms with van der Waals surface area (Å²) in [7, 11) is 0. The number of allylic oxidation sites excluding steroid dienone is 12. The summed E-state index contributed by atoms with van der Waals surface area (Å²) in [4.78, 5) is 0. The highest BCUT2D eigenvalue weighted by Gasteiger charge is 1.96. The van der Waals surface area contributed by atoms with Gasteiger partial charge in [0.15, 0.2) is 0 Å². The minimum Gasteiger partial charge on any atom is -0.0885 e. The lowest BCUT2D eigenvalue weighted by molar-refractivity contribution is 0.886. The van der Waals surface area contributed by atoms with Crippen molar-refractivity contribution in [3.8, 4) is 0 Å². The first-order chi connectivity index (χ1) is 31.2. The van der Waals surface area contributed by atoms with Crippen LogP contribution in [0.15, 0.2) is 72.9 Å². The van der Waals surface area contributed by atoms with Crippen LogP contribution in [-0.4, -0.2) is 0 Å². The van der Waals surface area contributed by atoms with E-state index in [2.05, 4.69) is 114 Å². The summed E-state index contributed by atoms with van der Waals surface area (Å²) in [5, 5.41) is 0. The molecular weight excluding hydrogens is 829 g/mol. The van der Waals surface area contributed by atoms with E-state index in [4.69, 9.17) is 0 Å². The summed E-state index contributed by atoms with van der Waals surface area (Å²) in [6.07, 6.45) is 54.7. The molecule has 0 unspecified atom stereocenters. The van der Waals surface area contributed by atoms with Crippen LogP contribution in [-0.2, 0) is 0 Å². The average molecular weight is 998 g/mol. The third kappa shape index (κ3) is 341. The maximum Gasteiger partial charge on any atom is -0.0163 e. The minimum absolute atomic E-state index is 0. The molecule has 0 aromatic carbocycles. The van der Waals surface area contributed by atoms with Crippen molar-refractivity contribution in [3.63, 3.8) is 0 Å². The maximum atomic E-state index is 2.24. The number of hydrogen-bond acceptors (Lipinski definition) is 0. The number of hydrogen-bond donors (Lipinski definition) is 0. The van der Waals surface area contributed by atoms with Gasteiger partial charge in [0, 0.05) is 0 Å². The van der Waals surface area contributed by atoms with Gasteiger partial charge >= 0.3 is 0 Å². The Bertz CT molecular complexity index is 447. The third-order valence-corrected chi connectivity index (χ3v) is 5.63. The molecule has 444 valence electrons. The maximum absolute atomic E-state index is 2.24. The largest absolute Gasteiger partial charge is 0.0885 e. The second kappa shape index (κ2) is 288. The highest BCUT2D eigenvalue weighted by molar-refractivity contribution is 5.12. The Hall–Kier alpha value is -1.56. The summed E-state index contributed by atoms with van der Waals surface area (Å²) < 4.78 is 0. The lowest BCUT2D eigenvalue weighted by Crippen LogP contribution is -1.50. The van der Waals surface area contributed by atoms with E-state index in [1.807, 2.05) is 166 Å². The van der Waals surface area contributed by atoms with Gasteiger partial charge in [0.2, 0.25) is 0 Å². The first-order valence-corrected chi connectivity index (χ1v) is 29.2. The lowest BCUT2D eigenvalue weighted by Gasteiger charge is -1.69. The molecule has 0 saturated heterocycles. The Kier molecular flexibility index (Phi) is 576. The molecule has 0 bridgehead atoms. The van der Waals surface area contributed by atoms with Crippen LogP contribution in [0.4, 0.5) is 0 Å². The van der Waals surface area contributed by atoms with Crippen molar-refractivity contribution in [3.05, 3.63) is 72.9 Å². The van der Waals surface area contributed by atoms with E-state index >= 15 is 0 Å². The molecule has 6 aliphatic carbocycles. The Labute approximate surface area is 458 Å². The monoisotopic (exact) mass is 997 g/mol. The molecule has 6 aliphatic rings. The van der Waals surface area contributed by atoms with Crippen LogP contribution in [0.1, 0.15) is 387 Å². The third-order valence-electron chi connectivity index (χ3n) is 5.63. The molecule has 6 rings (SSSR count). The highest BCUT2D eigenvalue weighted by Crippen LogP contribution is 2.15. The van der Waals surface area contributed by atoms with Crippen LogP contribution in [0.5, 0.6) is 0 Å². The van der Waals surface area contributed by atoms with Crippen molar-refractivity contribution in [2.75, 3.05) is 0 Å². The van der Waals surface area contributed by atoms with Crippen LogP contribution in [0.2, 0.25) is 0 Å². The molecule has 0 N–H and O–H groups in total. The Morgan fingerprint density at radius 3 is 0.333 bits per heavy atom. The molecule has 0 aromatic rings. The first kappa shape index (κ1) is 138. The van der Waals surface area contributed by atoms with E-state index in [-0.39, 0.29) is 44.6 Å². The zero-order valence-corrected chi connectivity index (χ0v) is 51.8. The van der Waals surface area contributed by atoms with Gasteiger partial charge in [-0.1, -0.05) is 409 Å². The fourth-order valence-electron chi connectivity index (χ4n) is 3.73. The average Bonchev–Trinajstić information content (AvgIpc) is 4.26. The van der Waals surface area contributed by atoms with Gasteiger partial charge in [0.05, 0.1) is 0 Å². The van der Waals surface area contributed by atoms with E-state index in [0.29, 0.717) is 0 Å². The fraction of sp³-hybridized carbons (Fsp3) is 0.826. The van der Waals surface area contributed by atoms with Gasteiger partial charge in [-0.25, -0.2) is 0 Å². The molecule has 0 aromatic heterocycles. The molecule has 0 spiro atoms. The second-order valence-electron chi connectivity index (χ2n) is 10.6. The van der Waals surface area contributed by atoms with Crippen molar-refractivity contribution in [2.24, 2.45) is 0 Å². The summed E-state index contributed by atoms with van der Waals surface area (Å²) in [6, 6.07) is 0. The normalized spacial score (nSPS) is 10.9. The van der Waals surface area contributed by atoms with Gasteiger partial charge in [0.1, 0.15) is 0 Å². The summed E-state index contributed by atoms with van der Waals surface area (Å²) >= 11 is 0. The van der Waals surface area contributed by atoms with Crippen LogP contribution < -0.4 is 0 Å². The van der Waals surface area contributed by atoms with E-state index in [9.17, 15) is 0 Å². The number of rotatable bonds is 0. The molecule has 0 atom stereocenters. The van der Waals surface area contributed by atoms with Crippen molar-refractivity contribution in [1.82, 2.24) is 0 Å². The van der Waals surface area contributed by atoms with Gasteiger partial charge in [0.25, 0.3) is 0 Å². The molecule has 0 radical (unpaired) electrons. The smallest absolute Gasteiger partial charge is 0.0163 e. The van der Waals surface area contributed by atoms with Crippen molar-refractivity contribution in [1.29, 1.82) is 0 Å². The molecule has 2 fully saturated rings. The van der Waals surface area contributed by atoms with E-state index in [0.717, 1.165) is 12.8 Å². The molecular formula is C69H168. The van der Waals surface area contributed by atoms with E-state index in [1.165, 1.54) is 122 Å². The summed E-state index contributed by atoms with van der Waals surface area (Å²) in [5.41, 5.74) is 0. The SMILES string of the molecule is C.C.C.C.C.C.C1=CCC=C1.C1=CCC=C1.C1=CCCC1.C1=CCCC1.C1CCCC1.C1CCCC1.CC.CC.CC.CC.CC.CC.CC.CC.CC.CC.CC.CC.CCC.CCC.CCC. The van der Waals surface area contributed by atoms with E-state index in [1.54, 1.807) is 0 Å². The Morgan fingerprint density at radius 2 is 0.290 bits per heavy atom. The predicted octanol–water partition coefficient (Wildman–Crippen LogP) is 30.7. The lowest BCUT2D eigenvalue weighted by atomic mass is 10.4. The summed E-state index contributed by atoms with van der Waals surface area (Å²) in [5.74, 6) is 0. The molecule has 0 heteroatoms. The molecule has 0 nitrogen and oxygen atoms in total. The quantitative estimate of drug-likeness (QED) is 0.212. The van der Waals surface area contributed by atoms with Crippen molar-refractivity contribution in [2.45, 2.75) is 387 Å². The topological polar surface area (TPSA) is 0 Å². The Morgan fingerprint density at radius 1 is 0.188 bits per heavy atom. The van der Waals surface area contributed by atoms with Gasteiger partial charge < -0.3 is 0 Å². The van der Waals surface area contributed by atoms with Crippen molar-refractivity contribution < 1.29 is 0 Å². The zero-order valence-electron chi connectivity index (χ0n) is 51.8. The molecule has 0 aliphatic heterocycles. The highest BCUT2D eigenvalue weighted by atomic mass is 14.0. The van der Waals surface area contributed by atoms with Crippen molar-refractivity contribution >= 4 is 0 Å². The minimum atomic E-state index is 0. The summed E-state index contributed by atoms with van der Waals surface area (Å²) in [6.45, 7) is 60.8. The second-order valence-corrected chi connectivity index (χ2v) is 10.6. The first-order valence-electron chi connectivity index (χ1n) is 29.2. The van der Waals surface area contributed by atoms with Gasteiger partial charge in [-0.3, -0.25) is 0 Å². The predicted molar refractivity (Wildman–Crippen MR) is 362 cm³/mol. The van der Waals surface area contributed by atoms with Crippen LogP contribution >= 0.6 is 0 Å². The zero-order chi connectivity index (χ0) is 53.3. The van der Waals surface area contributed by atoms with Gasteiger partial charge in [-0.05, 0) is 51.4 Å². The van der Waals surface area contributed by atoms with Crippen LogP contribution in [0.25, 0.3) is 0 Å². The van der Waals surface area contributed by atoms with Crippen LogP contribution in [0.3, 0.4) is 0 Å². The van der Waals surface area contributed by atoms with Gasteiger partial charge in [-0.15, -0.1) is 0 Å². The standard InChI is InChI=1S/2C5H10.2C5H8.2C5H6.3C3H8.12C2H6.6CH4/c6*1-2-4-5-3-1;3*1-3-2;12*1-2;;;;;;/h2*1-5H2;2*1-2H,3-5H2;2*1-4H,5H2;3*3H2,1-2H3;12*1-2H3;6*1H4. The molecule has 2 saturated carbocycles. The van der Waals surface area contributed by atoms with E-state index < -0.39 is 0 Å². The molecule has 0 heterocycles. The molecule has 0 amide bonds. The fourth-order valence-corrected chi connectivity index (χ4v) is 3.73. The molecule has 69 heavy (non-hydrogen) atoms. The van der Waals surface area contributed by atoms with Gasteiger partial charge in [-0.2, -0.15) is 0 Å². The Balaban J connectivity index is -0.0000000187. The van der Waals surface area contributed by atoms with Crippen LogP contribution in [0, 0.1) is 0 Å².